The van der Waals surface area contributed by atoms with Gasteiger partial charge in [0.1, 0.15) is 0 Å². The molecule has 0 radical (unpaired) electrons. The zero-order valence-electron chi connectivity index (χ0n) is 11.5. The van der Waals surface area contributed by atoms with Crippen molar-refractivity contribution in [1.29, 1.82) is 0 Å². The molecule has 2 N–H and O–H groups in total. The van der Waals surface area contributed by atoms with Crippen LogP contribution in [-0.2, 0) is 10.0 Å². The third kappa shape index (κ3) is 3.53. The van der Waals surface area contributed by atoms with Crippen LogP contribution >= 0.6 is 0 Å². The van der Waals surface area contributed by atoms with Gasteiger partial charge in [0.25, 0.3) is 10.0 Å². The van der Waals surface area contributed by atoms with Gasteiger partial charge in [-0.05, 0) is 37.4 Å². The van der Waals surface area contributed by atoms with Crippen molar-refractivity contribution in [3.05, 3.63) is 24.1 Å². The molecule has 1 fully saturated rings. The van der Waals surface area contributed by atoms with Gasteiger partial charge in [-0.15, -0.1) is 0 Å². The molecule has 0 aliphatic carbocycles. The van der Waals surface area contributed by atoms with E-state index in [1.54, 1.807) is 0 Å². The largest absolute Gasteiger partial charge is 0.312 e. The molecule has 2 heterocycles. The highest BCUT2D eigenvalue weighted by Crippen LogP contribution is 2.19. The Bertz CT molecular complexity index is 550. The Morgan fingerprint density at radius 2 is 2.35 bits per heavy atom. The summed E-state index contributed by atoms with van der Waals surface area (Å²) in [5, 5.41) is 2.78. The maximum Gasteiger partial charge on any atom is 0.261 e. The van der Waals surface area contributed by atoms with Crippen LogP contribution in [0, 0.1) is 11.7 Å². The average Bonchev–Trinajstić information content (AvgIpc) is 2.46. The molecule has 0 aromatic carbocycles. The Labute approximate surface area is 119 Å². The number of aromatic nitrogens is 1. The van der Waals surface area contributed by atoms with Crippen molar-refractivity contribution >= 4 is 10.0 Å². The minimum atomic E-state index is -3.90. The van der Waals surface area contributed by atoms with Gasteiger partial charge in [0.2, 0.25) is 5.03 Å². The molecule has 7 heteroatoms. The summed E-state index contributed by atoms with van der Waals surface area (Å²) in [4.78, 5) is 3.61. The summed E-state index contributed by atoms with van der Waals surface area (Å²) in [5.41, 5.74) is 0. The minimum Gasteiger partial charge on any atom is -0.312 e. The number of rotatable bonds is 5. The van der Waals surface area contributed by atoms with Gasteiger partial charge >= 0.3 is 0 Å². The second kappa shape index (κ2) is 6.60. The highest BCUT2D eigenvalue weighted by molar-refractivity contribution is 7.89. The third-order valence-corrected chi connectivity index (χ3v) is 5.08. The van der Waals surface area contributed by atoms with Crippen LogP contribution in [0.2, 0.25) is 0 Å². The predicted molar refractivity (Wildman–Crippen MR) is 74.2 cm³/mol. The quantitative estimate of drug-likeness (QED) is 0.859. The summed E-state index contributed by atoms with van der Waals surface area (Å²) in [6.45, 7) is 3.25. The monoisotopic (exact) mass is 301 g/mol. The lowest BCUT2D eigenvalue weighted by molar-refractivity contribution is 0.273. The Balaban J connectivity index is 2.04. The summed E-state index contributed by atoms with van der Waals surface area (Å²) < 4.78 is 40.1. The number of sulfonamides is 1. The summed E-state index contributed by atoms with van der Waals surface area (Å²) in [6, 6.07) is 2.55. The van der Waals surface area contributed by atoms with Crippen LogP contribution in [0.3, 0.4) is 0 Å². The Hall–Kier alpha value is -1.05. The molecule has 1 aliphatic rings. The summed E-state index contributed by atoms with van der Waals surface area (Å²) >= 11 is 0. The molecule has 2 rings (SSSR count). The Kier molecular flexibility index (Phi) is 5.06. The van der Waals surface area contributed by atoms with Crippen LogP contribution < -0.4 is 10.0 Å². The maximum atomic E-state index is 13.5. The molecule has 0 amide bonds. The normalized spacial score (nSPS) is 23.7. The number of pyridine rings is 1. The van der Waals surface area contributed by atoms with Gasteiger partial charge in [-0.1, -0.05) is 13.3 Å². The van der Waals surface area contributed by atoms with Crippen molar-refractivity contribution in [3.8, 4) is 0 Å². The van der Waals surface area contributed by atoms with Crippen LogP contribution in [0.15, 0.2) is 23.4 Å². The molecule has 5 nitrogen and oxygen atoms in total. The molecule has 112 valence electrons. The highest BCUT2D eigenvalue weighted by Gasteiger charge is 2.26. The van der Waals surface area contributed by atoms with E-state index >= 15 is 0 Å². The molecule has 1 aromatic rings. The van der Waals surface area contributed by atoms with Crippen LogP contribution in [0.1, 0.15) is 26.2 Å². The van der Waals surface area contributed by atoms with Gasteiger partial charge in [0.05, 0.1) is 0 Å². The van der Waals surface area contributed by atoms with Crippen LogP contribution in [0.5, 0.6) is 0 Å². The van der Waals surface area contributed by atoms with E-state index in [0.29, 0.717) is 5.92 Å². The van der Waals surface area contributed by atoms with Gasteiger partial charge in [0.15, 0.2) is 5.82 Å². The molecule has 0 bridgehead atoms. The SMILES string of the molecule is CCC1CCCNC1CNS(=O)(=O)c1ncccc1F. The van der Waals surface area contributed by atoms with Crippen molar-refractivity contribution in [2.45, 2.75) is 37.3 Å². The lowest BCUT2D eigenvalue weighted by Gasteiger charge is -2.32. The van der Waals surface area contributed by atoms with Gasteiger partial charge < -0.3 is 5.32 Å². The van der Waals surface area contributed by atoms with E-state index in [4.69, 9.17) is 0 Å². The molecule has 1 aromatic heterocycles. The first kappa shape index (κ1) is 15.3. The van der Waals surface area contributed by atoms with Crippen molar-refractivity contribution in [2.24, 2.45) is 5.92 Å². The molecule has 1 aliphatic heterocycles. The van der Waals surface area contributed by atoms with Crippen molar-refractivity contribution in [2.75, 3.05) is 13.1 Å². The van der Waals surface area contributed by atoms with E-state index in [1.807, 2.05) is 0 Å². The van der Waals surface area contributed by atoms with Crippen LogP contribution in [0.4, 0.5) is 4.39 Å². The molecule has 2 unspecified atom stereocenters. The van der Waals surface area contributed by atoms with E-state index in [2.05, 4.69) is 21.9 Å². The molecule has 1 saturated heterocycles. The van der Waals surface area contributed by atoms with Gasteiger partial charge in [-0.2, -0.15) is 0 Å². The minimum absolute atomic E-state index is 0.0929. The standard InChI is InChI=1S/C13H20FN3O2S/c1-2-10-5-3-7-15-12(10)9-17-20(18,19)13-11(14)6-4-8-16-13/h4,6,8,10,12,15,17H,2-3,5,7,9H2,1H3. The van der Waals surface area contributed by atoms with Crippen molar-refractivity contribution in [1.82, 2.24) is 15.0 Å². The Morgan fingerprint density at radius 3 is 3.05 bits per heavy atom. The fourth-order valence-corrected chi connectivity index (χ4v) is 3.64. The first-order valence-corrected chi connectivity index (χ1v) is 8.36. The fourth-order valence-electron chi connectivity index (χ4n) is 2.58. The van der Waals surface area contributed by atoms with Crippen LogP contribution in [-0.4, -0.2) is 32.5 Å². The number of nitrogens with one attached hydrogen (secondary N) is 2. The topological polar surface area (TPSA) is 71.1 Å². The van der Waals surface area contributed by atoms with E-state index < -0.39 is 20.9 Å². The van der Waals surface area contributed by atoms with Crippen LogP contribution in [0.25, 0.3) is 0 Å². The molecule has 20 heavy (non-hydrogen) atoms. The molecular formula is C13H20FN3O2S. The zero-order valence-corrected chi connectivity index (χ0v) is 12.3. The van der Waals surface area contributed by atoms with Gasteiger partial charge in [-0.25, -0.2) is 22.5 Å². The van der Waals surface area contributed by atoms with E-state index in [0.717, 1.165) is 31.9 Å². The third-order valence-electron chi connectivity index (χ3n) is 3.72. The number of hydrogen-bond donors (Lipinski definition) is 2. The van der Waals surface area contributed by atoms with E-state index in [9.17, 15) is 12.8 Å². The van der Waals surface area contributed by atoms with Gasteiger partial charge in [-0.3, -0.25) is 0 Å². The van der Waals surface area contributed by atoms with E-state index in [1.165, 1.54) is 12.3 Å². The smallest absolute Gasteiger partial charge is 0.261 e. The molecular weight excluding hydrogens is 281 g/mol. The summed E-state index contributed by atoms with van der Waals surface area (Å²) in [6.07, 6.45) is 4.47. The summed E-state index contributed by atoms with van der Waals surface area (Å²) in [5.74, 6) is -0.385. The maximum absolute atomic E-state index is 13.5. The number of nitrogens with zero attached hydrogens (tertiary/aromatic N) is 1. The number of piperidine rings is 1. The molecule has 0 spiro atoms. The summed E-state index contributed by atoms with van der Waals surface area (Å²) in [7, 11) is -3.90. The Morgan fingerprint density at radius 1 is 1.55 bits per heavy atom. The lowest BCUT2D eigenvalue weighted by Crippen LogP contribution is -2.48. The van der Waals surface area contributed by atoms with Crippen molar-refractivity contribution in [3.63, 3.8) is 0 Å². The van der Waals surface area contributed by atoms with Gasteiger partial charge in [0, 0.05) is 18.8 Å². The second-order valence-corrected chi connectivity index (χ2v) is 6.70. The zero-order chi connectivity index (χ0) is 14.6. The highest BCUT2D eigenvalue weighted by atomic mass is 32.2. The fraction of sp³-hybridized carbons (Fsp3) is 0.615. The average molecular weight is 301 g/mol. The first-order valence-electron chi connectivity index (χ1n) is 6.88. The van der Waals surface area contributed by atoms with Crippen molar-refractivity contribution < 1.29 is 12.8 Å². The predicted octanol–water partition coefficient (Wildman–Crippen LogP) is 1.28. The van der Waals surface area contributed by atoms with E-state index in [-0.39, 0.29) is 12.6 Å². The first-order chi connectivity index (χ1) is 9.54. The molecule has 0 saturated carbocycles. The number of halogens is 1. The lowest BCUT2D eigenvalue weighted by atomic mass is 9.89. The second-order valence-electron chi connectivity index (χ2n) is 5.01. The molecule has 2 atom stereocenters. The number of hydrogen-bond acceptors (Lipinski definition) is 4.